The van der Waals surface area contributed by atoms with Gasteiger partial charge < -0.3 is 15.7 Å². The first-order chi connectivity index (χ1) is 7.95. The molecule has 5 nitrogen and oxygen atoms in total. The van der Waals surface area contributed by atoms with E-state index in [2.05, 4.69) is 10.6 Å². The van der Waals surface area contributed by atoms with Crippen LogP contribution < -0.4 is 10.6 Å². The average molecular weight is 240 g/mol. The number of carboxylic acid groups (broad SMARTS) is 1. The van der Waals surface area contributed by atoms with Gasteiger partial charge in [-0.25, -0.2) is 4.79 Å². The first kappa shape index (κ1) is 12.4. The molecule has 0 radical (unpaired) electrons. The summed E-state index contributed by atoms with van der Waals surface area (Å²) in [6.07, 6.45) is 2.57. The molecule has 3 N–H and O–H groups in total. The van der Waals surface area contributed by atoms with Crippen molar-refractivity contribution in [3.63, 3.8) is 0 Å². The van der Waals surface area contributed by atoms with E-state index in [0.717, 1.165) is 25.8 Å². The lowest BCUT2D eigenvalue weighted by Crippen LogP contribution is -2.56. The Morgan fingerprint density at radius 1 is 1.35 bits per heavy atom. The minimum atomic E-state index is -1.08. The Balaban J connectivity index is 2.03. The van der Waals surface area contributed by atoms with Gasteiger partial charge in [0.2, 0.25) is 5.91 Å². The summed E-state index contributed by atoms with van der Waals surface area (Å²) in [5.74, 6) is -1.06. The molecule has 0 aromatic carbocycles. The molecule has 2 aliphatic rings. The van der Waals surface area contributed by atoms with Gasteiger partial charge in [-0.05, 0) is 45.6 Å². The number of carbonyl (C=O) groups is 2. The van der Waals surface area contributed by atoms with Crippen molar-refractivity contribution in [1.82, 2.24) is 10.6 Å². The molecule has 0 aromatic rings. The molecule has 1 aliphatic carbocycles. The highest BCUT2D eigenvalue weighted by Crippen LogP contribution is 2.40. The van der Waals surface area contributed by atoms with Crippen molar-refractivity contribution >= 4 is 11.9 Å². The van der Waals surface area contributed by atoms with Crippen LogP contribution in [0.3, 0.4) is 0 Å². The van der Waals surface area contributed by atoms with E-state index in [9.17, 15) is 14.7 Å². The van der Waals surface area contributed by atoms with Gasteiger partial charge in [0.25, 0.3) is 0 Å². The Bertz CT molecular complexity index is 341. The Hall–Kier alpha value is -1.10. The van der Waals surface area contributed by atoms with Gasteiger partial charge in [0.05, 0.1) is 5.92 Å². The van der Waals surface area contributed by atoms with Crippen LogP contribution in [0.4, 0.5) is 0 Å². The van der Waals surface area contributed by atoms with Crippen molar-refractivity contribution in [1.29, 1.82) is 0 Å². The van der Waals surface area contributed by atoms with Gasteiger partial charge in [-0.3, -0.25) is 4.79 Å². The van der Waals surface area contributed by atoms with Gasteiger partial charge in [0.15, 0.2) is 0 Å². The predicted molar refractivity (Wildman–Crippen MR) is 62.5 cm³/mol. The Morgan fingerprint density at radius 2 is 2.00 bits per heavy atom. The molecular formula is C12H20N2O3. The molecule has 2 fully saturated rings. The molecule has 1 saturated heterocycles. The van der Waals surface area contributed by atoms with Gasteiger partial charge in [0, 0.05) is 6.04 Å². The van der Waals surface area contributed by atoms with Crippen LogP contribution in [0, 0.1) is 11.8 Å². The smallest absolute Gasteiger partial charge is 0.329 e. The van der Waals surface area contributed by atoms with E-state index in [4.69, 9.17) is 0 Å². The second-order valence-electron chi connectivity index (χ2n) is 5.41. The molecule has 17 heavy (non-hydrogen) atoms. The number of aliphatic carboxylic acids is 1. The topological polar surface area (TPSA) is 78.4 Å². The molecular weight excluding hydrogens is 220 g/mol. The SMILES string of the molecule is CC1NCCC1C(=O)NC(C)(C(=O)O)C1CC1. The molecule has 2 rings (SSSR count). The van der Waals surface area contributed by atoms with Gasteiger partial charge in [-0.1, -0.05) is 0 Å². The van der Waals surface area contributed by atoms with Crippen molar-refractivity contribution in [3.05, 3.63) is 0 Å². The Labute approximate surface area is 101 Å². The quantitative estimate of drug-likeness (QED) is 0.662. The molecule has 1 heterocycles. The van der Waals surface area contributed by atoms with Gasteiger partial charge in [-0.15, -0.1) is 0 Å². The molecule has 1 amide bonds. The fourth-order valence-electron chi connectivity index (χ4n) is 2.56. The van der Waals surface area contributed by atoms with Crippen molar-refractivity contribution in [2.45, 2.75) is 44.7 Å². The van der Waals surface area contributed by atoms with Gasteiger partial charge >= 0.3 is 5.97 Å². The minimum absolute atomic E-state index is 0.0913. The maximum Gasteiger partial charge on any atom is 0.329 e. The molecule has 0 bridgehead atoms. The molecule has 0 aromatic heterocycles. The van der Waals surface area contributed by atoms with E-state index in [0.29, 0.717) is 0 Å². The summed E-state index contributed by atoms with van der Waals surface area (Å²) in [6, 6.07) is 0.132. The van der Waals surface area contributed by atoms with Crippen LogP contribution in [0.25, 0.3) is 0 Å². The van der Waals surface area contributed by atoms with Gasteiger partial charge in [-0.2, -0.15) is 0 Å². The third-order valence-corrected chi connectivity index (χ3v) is 4.08. The zero-order valence-corrected chi connectivity index (χ0v) is 10.3. The summed E-state index contributed by atoms with van der Waals surface area (Å²) in [6.45, 7) is 4.41. The summed E-state index contributed by atoms with van der Waals surface area (Å²) in [4.78, 5) is 23.4. The number of carbonyl (C=O) groups excluding carboxylic acids is 1. The predicted octanol–water partition coefficient (Wildman–Crippen LogP) is 0.354. The van der Waals surface area contributed by atoms with Crippen LogP contribution in [0.1, 0.15) is 33.1 Å². The van der Waals surface area contributed by atoms with Crippen LogP contribution in [-0.2, 0) is 9.59 Å². The molecule has 5 heteroatoms. The lowest BCUT2D eigenvalue weighted by atomic mass is 9.93. The zero-order chi connectivity index (χ0) is 12.6. The normalized spacial score (nSPS) is 31.9. The van der Waals surface area contributed by atoms with Crippen LogP contribution in [0.2, 0.25) is 0 Å². The number of nitrogens with one attached hydrogen (secondary N) is 2. The number of amides is 1. The number of carboxylic acids is 1. The summed E-state index contributed by atoms with van der Waals surface area (Å²) >= 11 is 0. The number of hydrogen-bond acceptors (Lipinski definition) is 3. The largest absolute Gasteiger partial charge is 0.480 e. The highest BCUT2D eigenvalue weighted by atomic mass is 16.4. The summed E-state index contributed by atoms with van der Waals surface area (Å²) in [5.41, 5.74) is -1.08. The maximum atomic E-state index is 12.1. The average Bonchev–Trinajstić information content (AvgIpc) is 3.01. The summed E-state index contributed by atoms with van der Waals surface area (Å²) in [5, 5.41) is 15.2. The third-order valence-electron chi connectivity index (χ3n) is 4.08. The van der Waals surface area contributed by atoms with E-state index < -0.39 is 11.5 Å². The van der Waals surface area contributed by atoms with Crippen molar-refractivity contribution in [2.24, 2.45) is 11.8 Å². The third kappa shape index (κ3) is 2.29. The number of rotatable bonds is 4. The molecule has 1 saturated carbocycles. The molecule has 3 atom stereocenters. The second-order valence-corrected chi connectivity index (χ2v) is 5.41. The summed E-state index contributed by atoms with van der Waals surface area (Å²) in [7, 11) is 0. The molecule has 96 valence electrons. The standard InChI is InChI=1S/C12H20N2O3/c1-7-9(5-6-13-7)10(15)14-12(2,11(16)17)8-3-4-8/h7-9,13H,3-6H2,1-2H3,(H,14,15)(H,16,17). The van der Waals surface area contributed by atoms with Crippen molar-refractivity contribution < 1.29 is 14.7 Å². The monoisotopic (exact) mass is 240 g/mol. The lowest BCUT2D eigenvalue weighted by Gasteiger charge is -2.28. The zero-order valence-electron chi connectivity index (χ0n) is 10.3. The van der Waals surface area contributed by atoms with Gasteiger partial charge in [0.1, 0.15) is 5.54 Å². The van der Waals surface area contributed by atoms with E-state index >= 15 is 0 Å². The first-order valence-corrected chi connectivity index (χ1v) is 6.24. The minimum Gasteiger partial charge on any atom is -0.480 e. The lowest BCUT2D eigenvalue weighted by molar-refractivity contribution is -0.148. The van der Waals surface area contributed by atoms with Crippen LogP contribution in [-0.4, -0.2) is 35.1 Å². The second kappa shape index (κ2) is 4.29. The maximum absolute atomic E-state index is 12.1. The molecule has 1 aliphatic heterocycles. The van der Waals surface area contributed by atoms with E-state index in [1.165, 1.54) is 0 Å². The van der Waals surface area contributed by atoms with E-state index in [-0.39, 0.29) is 23.8 Å². The highest BCUT2D eigenvalue weighted by Gasteiger charge is 2.49. The number of hydrogen-bond donors (Lipinski definition) is 3. The van der Waals surface area contributed by atoms with Crippen LogP contribution >= 0.6 is 0 Å². The van der Waals surface area contributed by atoms with Crippen LogP contribution in [0.15, 0.2) is 0 Å². The van der Waals surface area contributed by atoms with E-state index in [1.807, 2.05) is 6.92 Å². The fraction of sp³-hybridized carbons (Fsp3) is 0.833. The van der Waals surface area contributed by atoms with Crippen molar-refractivity contribution in [2.75, 3.05) is 6.54 Å². The van der Waals surface area contributed by atoms with E-state index in [1.54, 1.807) is 6.92 Å². The van der Waals surface area contributed by atoms with Crippen LogP contribution in [0.5, 0.6) is 0 Å². The Morgan fingerprint density at radius 3 is 2.41 bits per heavy atom. The first-order valence-electron chi connectivity index (χ1n) is 6.24. The summed E-state index contributed by atoms with van der Waals surface area (Å²) < 4.78 is 0. The van der Waals surface area contributed by atoms with Crippen molar-refractivity contribution in [3.8, 4) is 0 Å². The molecule has 0 spiro atoms. The fourth-order valence-corrected chi connectivity index (χ4v) is 2.56. The molecule has 3 unspecified atom stereocenters. The highest BCUT2D eigenvalue weighted by molar-refractivity contribution is 5.88. The Kier molecular flexibility index (Phi) is 3.12.